The molecule has 4 heterocycles. The molecule has 0 saturated heterocycles. The summed E-state index contributed by atoms with van der Waals surface area (Å²) >= 11 is 0. The summed E-state index contributed by atoms with van der Waals surface area (Å²) in [6, 6.07) is 62.2. The highest BCUT2D eigenvalue weighted by Gasteiger charge is 2.21. The highest BCUT2D eigenvalue weighted by atomic mass is 16.5. The first-order valence-electron chi connectivity index (χ1n) is 21.6. The summed E-state index contributed by atoms with van der Waals surface area (Å²) in [5.74, 6) is -0.224. The van der Waals surface area contributed by atoms with Gasteiger partial charge in [-0.3, -0.25) is 0 Å². The fourth-order valence-electron chi connectivity index (χ4n) is 8.63. The van der Waals surface area contributed by atoms with Gasteiger partial charge in [0.25, 0.3) is 0 Å². The Labute approximate surface area is 379 Å². The zero-order chi connectivity index (χ0) is 44.7. The van der Waals surface area contributed by atoms with Gasteiger partial charge >= 0.3 is 11.9 Å². The van der Waals surface area contributed by atoms with Gasteiger partial charge in [-0.15, -0.1) is 0 Å². The van der Waals surface area contributed by atoms with E-state index in [9.17, 15) is 9.59 Å². The van der Waals surface area contributed by atoms with E-state index in [0.29, 0.717) is 33.6 Å². The summed E-state index contributed by atoms with van der Waals surface area (Å²) in [7, 11) is 0. The van der Waals surface area contributed by atoms with Crippen LogP contribution in [0.5, 0.6) is 11.5 Å². The molecule has 0 amide bonds. The third kappa shape index (κ3) is 7.46. The van der Waals surface area contributed by atoms with Crippen LogP contribution < -0.4 is 9.47 Å². The van der Waals surface area contributed by atoms with Crippen LogP contribution in [-0.4, -0.2) is 31.9 Å². The Kier molecular flexibility index (Phi) is 10.1. The van der Waals surface area contributed by atoms with E-state index in [-0.39, 0.29) is 11.4 Å². The minimum atomic E-state index is -0.552. The number of carbonyl (C=O) groups excluding carboxylic acids is 2. The van der Waals surface area contributed by atoms with Crippen LogP contribution in [0, 0.1) is 13.8 Å². The quantitative estimate of drug-likeness (QED) is 0.0845. The summed E-state index contributed by atoms with van der Waals surface area (Å²) in [6.07, 6.45) is 0. The highest BCUT2D eigenvalue weighted by Crippen LogP contribution is 2.38. The number of carbonyl (C=O) groups is 2. The van der Waals surface area contributed by atoms with Crippen molar-refractivity contribution in [3.05, 3.63) is 217 Å². The van der Waals surface area contributed by atoms with Crippen molar-refractivity contribution in [2.24, 2.45) is 0 Å². The molecule has 0 aliphatic heterocycles. The number of rotatable bonds is 8. The van der Waals surface area contributed by atoms with Crippen LogP contribution in [0.4, 0.5) is 0 Å². The number of para-hydroxylation sites is 2. The molecule has 0 fully saturated rings. The van der Waals surface area contributed by atoms with Crippen molar-refractivity contribution in [2.45, 2.75) is 13.8 Å². The predicted molar refractivity (Wildman–Crippen MR) is 262 cm³/mol. The van der Waals surface area contributed by atoms with Crippen molar-refractivity contribution < 1.29 is 19.1 Å². The monoisotopic (exact) mass is 854 g/mol. The van der Waals surface area contributed by atoms with Crippen LogP contribution in [0.25, 0.3) is 88.4 Å². The number of aryl methyl sites for hydroxylation is 2. The number of ether oxygens (including phenoxy) is 2. The van der Waals surface area contributed by atoms with Crippen molar-refractivity contribution in [2.75, 3.05) is 0 Å². The molecule has 0 radical (unpaired) electrons. The number of aromatic nitrogens is 4. The molecule has 0 atom stereocenters. The second kappa shape index (κ2) is 16.7. The number of fused-ring (bicyclic) bond motifs is 6. The summed E-state index contributed by atoms with van der Waals surface area (Å²) < 4.78 is 11.6. The molecule has 0 bridgehead atoms. The van der Waals surface area contributed by atoms with Gasteiger partial charge in [-0.25, -0.2) is 29.5 Å². The van der Waals surface area contributed by atoms with Gasteiger partial charge in [0.2, 0.25) is 0 Å². The minimum absolute atomic E-state index is 0.187. The van der Waals surface area contributed by atoms with Crippen LogP contribution in [0.1, 0.15) is 32.1 Å². The topological polar surface area (TPSA) is 104 Å². The summed E-state index contributed by atoms with van der Waals surface area (Å²) in [5, 5.41) is 3.53. The SMILES string of the molecule is Cc1cc(-c2ccc3ccc4c(-c5ccccc5)cc(C(=O)Oc5ccccc5)nc4c3n2)c(C)cc1-c1ccc2ccc3c(-c4ccccc4)cc(C(=O)Oc4ccccc4)nc3c2n1. The molecular weight excluding hydrogens is 817 g/mol. The number of pyridine rings is 4. The van der Waals surface area contributed by atoms with E-state index in [1.807, 2.05) is 133 Å². The standard InChI is InChI=1S/C58H38N4O4/c1-35-31-46(50-30-26-40-24-28-44-48(38-17-9-4-10-18-38)34-52(62-56(44)54(40)60-50)58(64)66-42-21-13-6-14-22-42)36(2)32-45(35)49-29-25-39-23-27-43-47(37-15-7-3-8-16-37)33-51(61-55(43)53(39)59-49)57(63)65-41-19-11-5-12-20-41/h3-34H,1-2H3. The first-order chi connectivity index (χ1) is 32.3. The summed E-state index contributed by atoms with van der Waals surface area (Å²) in [5.41, 5.74) is 12.0. The van der Waals surface area contributed by atoms with E-state index in [0.717, 1.165) is 77.4 Å². The van der Waals surface area contributed by atoms with Crippen LogP contribution in [-0.2, 0) is 0 Å². The third-order valence-electron chi connectivity index (χ3n) is 11.9. The number of esters is 2. The fourth-order valence-corrected chi connectivity index (χ4v) is 8.63. The Bertz CT molecular complexity index is 3450. The molecule has 4 aromatic heterocycles. The smallest absolute Gasteiger partial charge is 0.362 e. The van der Waals surface area contributed by atoms with Gasteiger partial charge in [-0.2, -0.15) is 0 Å². The van der Waals surface area contributed by atoms with E-state index in [4.69, 9.17) is 29.4 Å². The summed E-state index contributed by atoms with van der Waals surface area (Å²) in [4.78, 5) is 47.8. The van der Waals surface area contributed by atoms with Crippen LogP contribution in [0.15, 0.2) is 194 Å². The average Bonchev–Trinajstić information content (AvgIpc) is 3.37. The molecule has 0 aliphatic rings. The first kappa shape index (κ1) is 39.9. The molecule has 8 nitrogen and oxygen atoms in total. The molecule has 8 heteroatoms. The minimum Gasteiger partial charge on any atom is -0.422 e. The largest absolute Gasteiger partial charge is 0.422 e. The van der Waals surface area contributed by atoms with Crippen molar-refractivity contribution in [1.82, 2.24) is 19.9 Å². The van der Waals surface area contributed by atoms with Crippen LogP contribution in [0.3, 0.4) is 0 Å². The van der Waals surface area contributed by atoms with Gasteiger partial charge in [0, 0.05) is 32.7 Å². The van der Waals surface area contributed by atoms with Gasteiger partial charge in [-0.05, 0) is 108 Å². The van der Waals surface area contributed by atoms with Crippen LogP contribution in [0.2, 0.25) is 0 Å². The molecule has 66 heavy (non-hydrogen) atoms. The van der Waals surface area contributed by atoms with Crippen LogP contribution >= 0.6 is 0 Å². The number of hydrogen-bond donors (Lipinski definition) is 0. The van der Waals surface area contributed by atoms with Gasteiger partial charge in [0.1, 0.15) is 22.9 Å². The zero-order valence-electron chi connectivity index (χ0n) is 35.9. The van der Waals surface area contributed by atoms with Crippen molar-refractivity contribution in [3.8, 4) is 56.3 Å². The molecule has 11 aromatic rings. The van der Waals surface area contributed by atoms with E-state index < -0.39 is 11.9 Å². The lowest BCUT2D eigenvalue weighted by molar-refractivity contribution is 0.0719. The maximum absolute atomic E-state index is 13.7. The normalized spacial score (nSPS) is 11.3. The van der Waals surface area contributed by atoms with Gasteiger partial charge < -0.3 is 9.47 Å². The second-order valence-electron chi connectivity index (χ2n) is 16.2. The molecular formula is C58H38N4O4. The third-order valence-corrected chi connectivity index (χ3v) is 11.9. The van der Waals surface area contributed by atoms with E-state index in [1.54, 1.807) is 36.4 Å². The average molecular weight is 855 g/mol. The summed E-state index contributed by atoms with van der Waals surface area (Å²) in [6.45, 7) is 4.15. The molecule has 0 spiro atoms. The Morgan fingerprint density at radius 3 is 1.12 bits per heavy atom. The Morgan fingerprint density at radius 1 is 0.364 bits per heavy atom. The van der Waals surface area contributed by atoms with E-state index in [1.165, 1.54) is 0 Å². The molecule has 0 N–H and O–H groups in total. The van der Waals surface area contributed by atoms with Gasteiger partial charge in [0.15, 0.2) is 0 Å². The highest BCUT2D eigenvalue weighted by molar-refractivity contribution is 6.12. The van der Waals surface area contributed by atoms with Crippen molar-refractivity contribution >= 4 is 55.6 Å². The van der Waals surface area contributed by atoms with E-state index >= 15 is 0 Å². The molecule has 0 unspecified atom stereocenters. The molecule has 0 saturated carbocycles. The predicted octanol–water partition coefficient (Wildman–Crippen LogP) is 13.6. The Hall–Kier alpha value is -8.88. The Balaban J connectivity index is 1.01. The molecule has 11 rings (SSSR count). The van der Waals surface area contributed by atoms with Gasteiger partial charge in [0.05, 0.1) is 33.5 Å². The lowest BCUT2D eigenvalue weighted by Gasteiger charge is -2.15. The molecule has 0 aliphatic carbocycles. The number of benzene rings is 7. The fraction of sp³-hybridized carbons (Fsp3) is 0.0345. The maximum Gasteiger partial charge on any atom is 0.362 e. The lowest BCUT2D eigenvalue weighted by Crippen LogP contribution is -2.11. The van der Waals surface area contributed by atoms with Crippen molar-refractivity contribution in [3.63, 3.8) is 0 Å². The maximum atomic E-state index is 13.7. The lowest BCUT2D eigenvalue weighted by atomic mass is 9.94. The molecule has 7 aromatic carbocycles. The Morgan fingerprint density at radius 2 is 0.727 bits per heavy atom. The van der Waals surface area contributed by atoms with Crippen molar-refractivity contribution in [1.29, 1.82) is 0 Å². The number of hydrogen-bond acceptors (Lipinski definition) is 8. The second-order valence-corrected chi connectivity index (χ2v) is 16.2. The number of nitrogens with zero attached hydrogens (tertiary/aromatic N) is 4. The van der Waals surface area contributed by atoms with Gasteiger partial charge in [-0.1, -0.05) is 133 Å². The van der Waals surface area contributed by atoms with E-state index in [2.05, 4.69) is 38.1 Å². The zero-order valence-corrected chi connectivity index (χ0v) is 35.9. The molecule has 314 valence electrons. The first-order valence-corrected chi connectivity index (χ1v) is 21.6.